The molecular weight excluding hydrogens is 285 g/mol. The molecule has 0 spiro atoms. The number of nitrogens with two attached hydrogens (primary N) is 1. The van der Waals surface area contributed by atoms with E-state index >= 15 is 0 Å². The van der Waals surface area contributed by atoms with E-state index in [9.17, 15) is 21.6 Å². The number of pyridine rings is 1. The lowest BCUT2D eigenvalue weighted by Crippen LogP contribution is -2.39. The number of hydrazine groups is 1. The highest BCUT2D eigenvalue weighted by molar-refractivity contribution is 7.89. The number of rotatable bonds is 5. The van der Waals surface area contributed by atoms with Crippen molar-refractivity contribution >= 4 is 15.7 Å². The van der Waals surface area contributed by atoms with Gasteiger partial charge in [0.1, 0.15) is 6.54 Å². The minimum atomic E-state index is -4.63. The van der Waals surface area contributed by atoms with Crippen molar-refractivity contribution in [1.29, 1.82) is 0 Å². The first kappa shape index (κ1) is 15.7. The van der Waals surface area contributed by atoms with Gasteiger partial charge in [0.2, 0.25) is 0 Å². The molecule has 0 saturated heterocycles. The second-order valence-corrected chi connectivity index (χ2v) is 5.40. The van der Waals surface area contributed by atoms with E-state index < -0.39 is 27.8 Å². The highest BCUT2D eigenvalue weighted by Crippen LogP contribution is 2.25. The molecule has 0 unspecified atom stereocenters. The SMILES string of the molecule is CCN(CC(F)(F)F)S(=O)(=O)c1ncccc1NN. The summed E-state index contributed by atoms with van der Waals surface area (Å²) >= 11 is 0. The van der Waals surface area contributed by atoms with Crippen LogP contribution in [0, 0.1) is 0 Å². The van der Waals surface area contributed by atoms with Crippen molar-refractivity contribution in [3.05, 3.63) is 18.3 Å². The lowest BCUT2D eigenvalue weighted by molar-refractivity contribution is -0.135. The van der Waals surface area contributed by atoms with Gasteiger partial charge in [-0.05, 0) is 12.1 Å². The molecule has 19 heavy (non-hydrogen) atoms. The Morgan fingerprint density at radius 3 is 2.58 bits per heavy atom. The fourth-order valence-corrected chi connectivity index (χ4v) is 2.89. The van der Waals surface area contributed by atoms with Gasteiger partial charge in [0.15, 0.2) is 5.03 Å². The van der Waals surface area contributed by atoms with E-state index in [1.165, 1.54) is 19.1 Å². The summed E-state index contributed by atoms with van der Waals surface area (Å²) in [6, 6.07) is 2.72. The maximum Gasteiger partial charge on any atom is 0.402 e. The van der Waals surface area contributed by atoms with Crippen molar-refractivity contribution in [3.8, 4) is 0 Å². The van der Waals surface area contributed by atoms with Gasteiger partial charge in [-0.2, -0.15) is 17.5 Å². The van der Waals surface area contributed by atoms with Crippen LogP contribution in [-0.2, 0) is 10.0 Å². The minimum Gasteiger partial charge on any atom is -0.321 e. The van der Waals surface area contributed by atoms with Gasteiger partial charge in [0, 0.05) is 12.7 Å². The van der Waals surface area contributed by atoms with Crippen molar-refractivity contribution in [3.63, 3.8) is 0 Å². The molecule has 1 aromatic rings. The number of hydrogen-bond acceptors (Lipinski definition) is 5. The first-order chi connectivity index (χ1) is 8.72. The average molecular weight is 298 g/mol. The Labute approximate surface area is 108 Å². The molecule has 0 aliphatic rings. The maximum atomic E-state index is 12.4. The van der Waals surface area contributed by atoms with Crippen molar-refractivity contribution in [1.82, 2.24) is 9.29 Å². The van der Waals surface area contributed by atoms with E-state index in [4.69, 9.17) is 5.84 Å². The first-order valence-electron chi connectivity index (χ1n) is 5.21. The highest BCUT2D eigenvalue weighted by atomic mass is 32.2. The normalized spacial score (nSPS) is 12.7. The molecule has 108 valence electrons. The van der Waals surface area contributed by atoms with Gasteiger partial charge < -0.3 is 5.43 Å². The average Bonchev–Trinajstić information content (AvgIpc) is 2.34. The lowest BCUT2D eigenvalue weighted by atomic mass is 10.4. The van der Waals surface area contributed by atoms with E-state index in [2.05, 4.69) is 10.4 Å². The second-order valence-electron chi connectivity index (χ2n) is 3.55. The number of alkyl halides is 3. The fraction of sp³-hybridized carbons (Fsp3) is 0.444. The van der Waals surface area contributed by atoms with E-state index in [1.807, 2.05) is 0 Å². The summed E-state index contributed by atoms with van der Waals surface area (Å²) in [7, 11) is -4.37. The maximum absolute atomic E-state index is 12.4. The van der Waals surface area contributed by atoms with Gasteiger partial charge in [-0.3, -0.25) is 5.84 Å². The topological polar surface area (TPSA) is 88.3 Å². The zero-order chi connectivity index (χ0) is 14.7. The Morgan fingerprint density at radius 2 is 2.11 bits per heavy atom. The monoisotopic (exact) mass is 298 g/mol. The molecular formula is C9H13F3N4O2S. The second kappa shape index (κ2) is 5.72. The van der Waals surface area contributed by atoms with Gasteiger partial charge in [0.05, 0.1) is 5.69 Å². The van der Waals surface area contributed by atoms with Crippen molar-refractivity contribution in [2.45, 2.75) is 18.1 Å². The summed E-state index contributed by atoms with van der Waals surface area (Å²) in [6.45, 7) is -0.601. The molecule has 1 aromatic heterocycles. The van der Waals surface area contributed by atoms with Crippen molar-refractivity contribution < 1.29 is 21.6 Å². The Morgan fingerprint density at radius 1 is 1.47 bits per heavy atom. The molecule has 0 radical (unpaired) electrons. The Hall–Kier alpha value is -1.39. The Bertz CT molecular complexity index is 533. The third-order valence-corrected chi connectivity index (χ3v) is 4.10. The van der Waals surface area contributed by atoms with E-state index in [0.717, 1.165) is 6.20 Å². The van der Waals surface area contributed by atoms with E-state index in [1.54, 1.807) is 0 Å². The number of halogens is 3. The molecule has 1 rings (SSSR count). The molecule has 6 nitrogen and oxygen atoms in total. The molecule has 1 heterocycles. The number of hydrogen-bond donors (Lipinski definition) is 2. The smallest absolute Gasteiger partial charge is 0.321 e. The number of aromatic nitrogens is 1. The molecule has 0 aromatic carbocycles. The van der Waals surface area contributed by atoms with E-state index in [-0.39, 0.29) is 16.5 Å². The van der Waals surface area contributed by atoms with Crippen LogP contribution < -0.4 is 11.3 Å². The first-order valence-corrected chi connectivity index (χ1v) is 6.65. The van der Waals surface area contributed by atoms with Crippen LogP contribution in [0.25, 0.3) is 0 Å². The van der Waals surface area contributed by atoms with Gasteiger partial charge in [0.25, 0.3) is 10.0 Å². The Balaban J connectivity index is 3.21. The van der Waals surface area contributed by atoms with Crippen LogP contribution >= 0.6 is 0 Å². The van der Waals surface area contributed by atoms with Crippen LogP contribution in [0.3, 0.4) is 0 Å². The molecule has 0 aliphatic heterocycles. The number of sulfonamides is 1. The largest absolute Gasteiger partial charge is 0.402 e. The number of anilines is 1. The van der Waals surface area contributed by atoms with Crippen molar-refractivity contribution in [2.75, 3.05) is 18.5 Å². The standard InChI is InChI=1S/C9H13F3N4O2S/c1-2-16(6-9(10,11)12)19(17,18)8-7(15-13)4-3-5-14-8/h3-5,15H,2,6,13H2,1H3. The van der Waals surface area contributed by atoms with Gasteiger partial charge in [-0.15, -0.1) is 0 Å². The third-order valence-electron chi connectivity index (χ3n) is 2.22. The molecule has 0 aliphatic carbocycles. The summed E-state index contributed by atoms with van der Waals surface area (Å²) in [6.07, 6.45) is -3.47. The molecule has 0 bridgehead atoms. The summed E-state index contributed by atoms with van der Waals surface area (Å²) in [5.74, 6) is 5.12. The quantitative estimate of drug-likeness (QED) is 0.624. The van der Waals surface area contributed by atoms with Crippen LogP contribution in [0.5, 0.6) is 0 Å². The van der Waals surface area contributed by atoms with Gasteiger partial charge >= 0.3 is 6.18 Å². The summed E-state index contributed by atoms with van der Waals surface area (Å²) < 4.78 is 61.5. The Kier molecular flexibility index (Phi) is 4.71. The zero-order valence-electron chi connectivity index (χ0n) is 9.98. The molecule has 0 atom stereocenters. The number of nitrogen functional groups attached to an aromatic ring is 1. The van der Waals surface area contributed by atoms with Crippen molar-refractivity contribution in [2.24, 2.45) is 5.84 Å². The van der Waals surface area contributed by atoms with Crippen LogP contribution in [0.15, 0.2) is 23.4 Å². The summed E-state index contributed by atoms with van der Waals surface area (Å²) in [5.41, 5.74) is 2.03. The molecule has 0 amide bonds. The van der Waals surface area contributed by atoms with Crippen LogP contribution in [-0.4, -0.2) is 37.0 Å². The fourth-order valence-electron chi connectivity index (χ4n) is 1.40. The van der Waals surface area contributed by atoms with Crippen LogP contribution in [0.4, 0.5) is 18.9 Å². The summed E-state index contributed by atoms with van der Waals surface area (Å²) in [4.78, 5) is 3.58. The highest BCUT2D eigenvalue weighted by Gasteiger charge is 2.37. The number of nitrogens with one attached hydrogen (secondary N) is 1. The molecule has 10 heteroatoms. The van der Waals surface area contributed by atoms with Gasteiger partial charge in [-0.1, -0.05) is 6.92 Å². The summed E-state index contributed by atoms with van der Waals surface area (Å²) in [5, 5.41) is -0.538. The predicted molar refractivity (Wildman–Crippen MR) is 62.5 cm³/mol. The van der Waals surface area contributed by atoms with Crippen LogP contribution in [0.1, 0.15) is 6.92 Å². The third kappa shape index (κ3) is 3.78. The molecule has 0 fully saturated rings. The number of nitrogens with zero attached hydrogens (tertiary/aromatic N) is 2. The molecule has 0 saturated carbocycles. The van der Waals surface area contributed by atoms with Gasteiger partial charge in [-0.25, -0.2) is 13.4 Å². The lowest BCUT2D eigenvalue weighted by Gasteiger charge is -2.22. The predicted octanol–water partition coefficient (Wildman–Crippen LogP) is 0.940. The van der Waals surface area contributed by atoms with Crippen LogP contribution in [0.2, 0.25) is 0 Å². The zero-order valence-corrected chi connectivity index (χ0v) is 10.8. The molecule has 3 N–H and O–H groups in total. The minimum absolute atomic E-state index is 0.0666. The van der Waals surface area contributed by atoms with E-state index in [0.29, 0.717) is 0 Å².